The summed E-state index contributed by atoms with van der Waals surface area (Å²) in [6.45, 7) is 13.4. The first-order chi connectivity index (χ1) is 17.6. The Morgan fingerprint density at radius 1 is 0.946 bits per heavy atom. The topological polar surface area (TPSA) is 63.3 Å². The van der Waals surface area contributed by atoms with Crippen LogP contribution in [-0.4, -0.2) is 47.8 Å². The Kier molecular flexibility index (Phi) is 5.64. The molecule has 0 N–H and O–H groups in total. The van der Waals surface area contributed by atoms with E-state index in [4.69, 9.17) is 24.0 Å². The van der Waals surface area contributed by atoms with E-state index in [1.54, 1.807) is 0 Å². The summed E-state index contributed by atoms with van der Waals surface area (Å²) in [4.78, 5) is 14.3. The lowest BCUT2D eigenvalue weighted by atomic mass is 9.79. The molecule has 2 aromatic carbocycles. The van der Waals surface area contributed by atoms with Crippen LogP contribution in [0.1, 0.15) is 58.6 Å². The maximum absolute atomic E-state index is 6.23. The number of epoxide rings is 1. The largest absolute Gasteiger partial charge is 0.494 e. The second-order valence-corrected chi connectivity index (χ2v) is 11.6. The standard InChI is InChI=1S/C29H35BN4O3/c1-18(2)21-10-8-9-11-22(21)24-31-16-23-25(32-24)34(27-26(35-27)33(23)7)17-19-12-14-20(15-13-19)30-36-28(3,4)29(5,6)37-30/h8-16,18,26-27H,17H2,1-7H3. The summed E-state index contributed by atoms with van der Waals surface area (Å²) in [5.74, 6) is 2.03. The van der Waals surface area contributed by atoms with Crippen LogP contribution in [0.25, 0.3) is 11.4 Å². The molecule has 2 unspecified atom stereocenters. The fourth-order valence-electron chi connectivity index (χ4n) is 5.15. The lowest BCUT2D eigenvalue weighted by Gasteiger charge is -2.32. The highest BCUT2D eigenvalue weighted by molar-refractivity contribution is 6.62. The van der Waals surface area contributed by atoms with Crippen molar-refractivity contribution in [2.45, 2.75) is 77.7 Å². The highest BCUT2D eigenvalue weighted by Crippen LogP contribution is 2.45. The Bertz CT molecular complexity index is 1310. The molecule has 0 saturated carbocycles. The third-order valence-electron chi connectivity index (χ3n) is 8.22. The molecular formula is C29H35BN4O3. The van der Waals surface area contributed by atoms with E-state index in [-0.39, 0.29) is 30.8 Å². The summed E-state index contributed by atoms with van der Waals surface area (Å²) in [7, 11) is 1.68. The molecule has 0 spiro atoms. The van der Waals surface area contributed by atoms with Crippen LogP contribution in [0.4, 0.5) is 11.5 Å². The third-order valence-corrected chi connectivity index (χ3v) is 8.22. The van der Waals surface area contributed by atoms with Gasteiger partial charge in [-0.15, -0.1) is 0 Å². The van der Waals surface area contributed by atoms with Crippen LogP contribution in [-0.2, 0) is 20.6 Å². The van der Waals surface area contributed by atoms with Gasteiger partial charge in [-0.25, -0.2) is 9.97 Å². The monoisotopic (exact) mass is 498 g/mol. The minimum Gasteiger partial charge on any atom is -0.399 e. The molecule has 2 fully saturated rings. The number of fused-ring (bicyclic) bond motifs is 2. The molecule has 4 heterocycles. The number of rotatable bonds is 5. The maximum atomic E-state index is 6.23. The van der Waals surface area contributed by atoms with Crippen LogP contribution >= 0.6 is 0 Å². The second kappa shape index (κ2) is 8.55. The van der Waals surface area contributed by atoms with Gasteiger partial charge in [0.05, 0.1) is 17.4 Å². The number of aromatic nitrogens is 2. The zero-order valence-corrected chi connectivity index (χ0v) is 22.7. The Balaban J connectivity index is 1.29. The molecule has 8 heteroatoms. The molecule has 7 nitrogen and oxygen atoms in total. The molecule has 0 aliphatic carbocycles. The van der Waals surface area contributed by atoms with Crippen molar-refractivity contribution in [1.82, 2.24) is 9.97 Å². The normalized spacial score (nSPS) is 23.3. The molecule has 0 radical (unpaired) electrons. The molecule has 0 bridgehead atoms. The predicted molar refractivity (Wildman–Crippen MR) is 147 cm³/mol. The van der Waals surface area contributed by atoms with Gasteiger partial charge in [-0.05, 0) is 50.2 Å². The van der Waals surface area contributed by atoms with E-state index in [2.05, 4.69) is 99.9 Å². The molecule has 3 aromatic rings. The maximum Gasteiger partial charge on any atom is 0.494 e. The fraction of sp³-hybridized carbons (Fsp3) is 0.448. The van der Waals surface area contributed by atoms with Gasteiger partial charge in [-0.1, -0.05) is 62.4 Å². The van der Waals surface area contributed by atoms with Crippen LogP contribution in [0.5, 0.6) is 0 Å². The van der Waals surface area contributed by atoms with Gasteiger partial charge >= 0.3 is 7.12 Å². The smallest absolute Gasteiger partial charge is 0.399 e. The van der Waals surface area contributed by atoms with Crippen molar-refractivity contribution in [3.05, 3.63) is 65.9 Å². The first-order valence-corrected chi connectivity index (χ1v) is 13.1. The van der Waals surface area contributed by atoms with Crippen molar-refractivity contribution in [3.8, 4) is 11.4 Å². The van der Waals surface area contributed by atoms with E-state index in [1.807, 2.05) is 13.2 Å². The van der Waals surface area contributed by atoms with Gasteiger partial charge in [-0.2, -0.15) is 0 Å². The third kappa shape index (κ3) is 4.11. The van der Waals surface area contributed by atoms with Gasteiger partial charge in [0.15, 0.2) is 24.1 Å². The molecule has 2 saturated heterocycles. The molecular weight excluding hydrogens is 463 g/mol. The average Bonchev–Trinajstić information content (AvgIpc) is 3.63. The summed E-state index contributed by atoms with van der Waals surface area (Å²) in [5.41, 5.74) is 4.79. The number of hydrogen-bond acceptors (Lipinski definition) is 7. The second-order valence-electron chi connectivity index (χ2n) is 11.6. The van der Waals surface area contributed by atoms with Crippen molar-refractivity contribution in [2.24, 2.45) is 0 Å². The predicted octanol–water partition coefficient (Wildman–Crippen LogP) is 4.71. The molecule has 1 aromatic heterocycles. The summed E-state index contributed by atoms with van der Waals surface area (Å²) in [6.07, 6.45) is 1.93. The van der Waals surface area contributed by atoms with Crippen LogP contribution in [0.3, 0.4) is 0 Å². The summed E-state index contributed by atoms with van der Waals surface area (Å²) in [5, 5.41) is 0. The van der Waals surface area contributed by atoms with Crippen molar-refractivity contribution in [3.63, 3.8) is 0 Å². The Labute approximate surface area is 219 Å². The minimum absolute atomic E-state index is 0.0222. The summed E-state index contributed by atoms with van der Waals surface area (Å²) >= 11 is 0. The quantitative estimate of drug-likeness (QED) is 0.373. The van der Waals surface area contributed by atoms with Crippen molar-refractivity contribution < 1.29 is 14.0 Å². The number of ether oxygens (including phenoxy) is 1. The summed E-state index contributed by atoms with van der Waals surface area (Å²) in [6, 6.07) is 16.9. The molecule has 0 amide bonds. The molecule has 3 aliphatic rings. The van der Waals surface area contributed by atoms with Crippen LogP contribution in [0.2, 0.25) is 0 Å². The van der Waals surface area contributed by atoms with Crippen LogP contribution < -0.4 is 15.3 Å². The number of benzene rings is 2. The van der Waals surface area contributed by atoms with Gasteiger partial charge in [0.25, 0.3) is 0 Å². The Morgan fingerprint density at radius 3 is 2.30 bits per heavy atom. The molecule has 192 valence electrons. The number of hydrogen-bond donors (Lipinski definition) is 0. The van der Waals surface area contributed by atoms with Crippen LogP contribution in [0, 0.1) is 0 Å². The first kappa shape index (κ1) is 24.4. The number of anilines is 2. The van der Waals surface area contributed by atoms with E-state index in [1.165, 1.54) is 11.1 Å². The zero-order chi connectivity index (χ0) is 26.1. The van der Waals surface area contributed by atoms with E-state index in [0.29, 0.717) is 12.5 Å². The minimum atomic E-state index is -0.365. The summed E-state index contributed by atoms with van der Waals surface area (Å²) < 4.78 is 18.5. The average molecular weight is 498 g/mol. The van der Waals surface area contributed by atoms with Gasteiger partial charge in [0.2, 0.25) is 0 Å². The van der Waals surface area contributed by atoms with E-state index in [9.17, 15) is 0 Å². The van der Waals surface area contributed by atoms with Gasteiger partial charge in [0.1, 0.15) is 5.69 Å². The van der Waals surface area contributed by atoms with E-state index < -0.39 is 0 Å². The number of nitrogens with zero attached hydrogens (tertiary/aromatic N) is 4. The van der Waals surface area contributed by atoms with Gasteiger partial charge in [-0.3, -0.25) is 0 Å². The van der Waals surface area contributed by atoms with E-state index in [0.717, 1.165) is 28.4 Å². The molecule has 2 atom stereocenters. The molecule has 37 heavy (non-hydrogen) atoms. The zero-order valence-electron chi connectivity index (χ0n) is 22.7. The van der Waals surface area contributed by atoms with Crippen molar-refractivity contribution in [2.75, 3.05) is 16.8 Å². The molecule has 3 aliphatic heterocycles. The van der Waals surface area contributed by atoms with Crippen molar-refractivity contribution >= 4 is 24.1 Å². The fourth-order valence-corrected chi connectivity index (χ4v) is 5.15. The Hall–Kier alpha value is -2.94. The van der Waals surface area contributed by atoms with Crippen LogP contribution in [0.15, 0.2) is 54.7 Å². The van der Waals surface area contributed by atoms with E-state index >= 15 is 0 Å². The highest BCUT2D eigenvalue weighted by atomic mass is 16.7. The Morgan fingerprint density at radius 2 is 1.62 bits per heavy atom. The number of likely N-dealkylation sites (N-methyl/N-ethyl adjacent to an activating group) is 1. The highest BCUT2D eigenvalue weighted by Gasteiger charge is 2.53. The lowest BCUT2D eigenvalue weighted by molar-refractivity contribution is 0.00578. The first-order valence-electron chi connectivity index (χ1n) is 13.1. The SMILES string of the molecule is CC(C)c1ccccc1-c1ncc2c(n1)N(Cc1ccc(B3OC(C)(C)C(C)(C)O3)cc1)C1OC1N2C. The lowest BCUT2D eigenvalue weighted by Crippen LogP contribution is -2.41. The van der Waals surface area contributed by atoms with Gasteiger partial charge in [0, 0.05) is 19.2 Å². The van der Waals surface area contributed by atoms with Gasteiger partial charge < -0.3 is 23.8 Å². The van der Waals surface area contributed by atoms with Crippen molar-refractivity contribution in [1.29, 1.82) is 0 Å². The molecule has 6 rings (SSSR count).